The van der Waals surface area contributed by atoms with Crippen LogP contribution in [0.2, 0.25) is 0 Å². The highest BCUT2D eigenvalue weighted by Crippen LogP contribution is 2.26. The maximum atomic E-state index is 13.4. The Bertz CT molecular complexity index is 1560. The molecule has 0 saturated carbocycles. The zero-order valence-electron chi connectivity index (χ0n) is 48.3. The number of nitrogens with one attached hydrogen (secondary N) is 1. The van der Waals surface area contributed by atoms with Crippen molar-refractivity contribution < 1.29 is 49.3 Å². The summed E-state index contributed by atoms with van der Waals surface area (Å²) < 4.78 is 17.6. The van der Waals surface area contributed by atoms with Crippen molar-refractivity contribution in [1.82, 2.24) is 5.32 Å². The second-order valence-corrected chi connectivity index (χ2v) is 21.1. The molecule has 11 heteroatoms. The fourth-order valence-corrected chi connectivity index (χ4v) is 9.19. The minimum absolute atomic E-state index is 0.113. The van der Waals surface area contributed by atoms with E-state index in [9.17, 15) is 35.1 Å². The van der Waals surface area contributed by atoms with Gasteiger partial charge in [-0.05, 0) is 83.5 Å². The van der Waals surface area contributed by atoms with Crippen LogP contribution in [0, 0.1) is 0 Å². The largest absolute Gasteiger partial charge is 0.454 e. The first-order chi connectivity index (χ1) is 37.2. The second kappa shape index (κ2) is 52.5. The average Bonchev–Trinajstić information content (AvgIpc) is 3.42. The van der Waals surface area contributed by atoms with Crippen LogP contribution < -0.4 is 5.32 Å². The molecule has 0 aromatic rings. The number of esters is 1. The van der Waals surface area contributed by atoms with Crippen LogP contribution in [0.25, 0.3) is 0 Å². The van der Waals surface area contributed by atoms with Crippen LogP contribution >= 0.6 is 0 Å². The van der Waals surface area contributed by atoms with E-state index in [2.05, 4.69) is 74.7 Å². The fourth-order valence-electron chi connectivity index (χ4n) is 9.19. The molecule has 1 heterocycles. The summed E-state index contributed by atoms with van der Waals surface area (Å²) in [6.07, 6.45) is 57.7. The van der Waals surface area contributed by atoms with Crippen LogP contribution in [0.15, 0.2) is 85.1 Å². The summed E-state index contributed by atoms with van der Waals surface area (Å²) in [6.45, 7) is 5.60. The molecule has 0 spiro atoms. The molecule has 0 aromatic carbocycles. The molecule has 1 aliphatic rings. The van der Waals surface area contributed by atoms with E-state index in [1.54, 1.807) is 6.08 Å². The lowest BCUT2D eigenvalue weighted by molar-refractivity contribution is -0.305. The number of unbranched alkanes of at least 4 members (excludes halogenated alkanes) is 27. The lowest BCUT2D eigenvalue weighted by Gasteiger charge is -2.41. The Morgan fingerprint density at radius 1 is 0.539 bits per heavy atom. The van der Waals surface area contributed by atoms with Gasteiger partial charge in [0.15, 0.2) is 12.4 Å². The van der Waals surface area contributed by atoms with Gasteiger partial charge < -0.3 is 45.1 Å². The van der Waals surface area contributed by atoms with Gasteiger partial charge >= 0.3 is 5.97 Å². The van der Waals surface area contributed by atoms with Crippen molar-refractivity contribution in [2.45, 2.75) is 301 Å². The van der Waals surface area contributed by atoms with Crippen LogP contribution in [0.5, 0.6) is 0 Å². The molecular formula is C65H113NO10. The lowest BCUT2D eigenvalue weighted by Crippen LogP contribution is -2.61. The van der Waals surface area contributed by atoms with E-state index < -0.39 is 67.4 Å². The molecule has 438 valence electrons. The van der Waals surface area contributed by atoms with Gasteiger partial charge in [-0.15, -0.1) is 0 Å². The van der Waals surface area contributed by atoms with E-state index in [0.717, 1.165) is 96.3 Å². The van der Waals surface area contributed by atoms with E-state index in [1.807, 2.05) is 30.4 Å². The smallest absolute Gasteiger partial charge is 0.306 e. The molecule has 1 fully saturated rings. The van der Waals surface area contributed by atoms with E-state index in [4.69, 9.17) is 14.2 Å². The van der Waals surface area contributed by atoms with Gasteiger partial charge in [0.05, 0.1) is 25.4 Å². The van der Waals surface area contributed by atoms with E-state index in [1.165, 1.54) is 109 Å². The quantitative estimate of drug-likeness (QED) is 0.0149. The number of hydrogen-bond donors (Lipinski definition) is 6. The van der Waals surface area contributed by atoms with E-state index in [-0.39, 0.29) is 19.4 Å². The highest BCUT2D eigenvalue weighted by Gasteiger charge is 2.47. The zero-order valence-corrected chi connectivity index (χ0v) is 48.3. The van der Waals surface area contributed by atoms with Crippen LogP contribution in [-0.4, -0.2) is 99.6 Å². The number of carbonyl (C=O) groups excluding carboxylic acids is 2. The molecule has 1 saturated heterocycles. The number of hydrogen-bond acceptors (Lipinski definition) is 10. The third kappa shape index (κ3) is 40.1. The molecule has 0 radical (unpaired) electrons. The van der Waals surface area contributed by atoms with Crippen molar-refractivity contribution in [3.8, 4) is 0 Å². The number of rotatable bonds is 51. The minimum Gasteiger partial charge on any atom is -0.454 e. The first-order valence-corrected chi connectivity index (χ1v) is 30.9. The molecule has 6 N–H and O–H groups in total. The summed E-state index contributed by atoms with van der Waals surface area (Å²) in [5.41, 5.74) is 0. The van der Waals surface area contributed by atoms with Gasteiger partial charge in [-0.25, -0.2) is 0 Å². The Balaban J connectivity index is 2.64. The summed E-state index contributed by atoms with van der Waals surface area (Å²) in [7, 11) is 0. The Labute approximate surface area is 463 Å². The standard InChI is InChI=1S/C65H113NO10/c1-4-7-10-13-16-19-22-25-26-27-28-29-30-31-32-33-34-35-38-41-44-47-50-53-60(70)76-63-62(72)61(71)59(54-67)75-65(63)74-55-56(57(68)51-48-45-42-39-36-23-20-17-14-11-8-5-2)66-64(73)58(69)52-49-46-43-40-37-24-21-18-15-12-9-6-3/h9,12,15-16,18-19,21,24-26,28-29,48,51,56-59,61-63,65,67-69,71-72H,4-8,10-11,13-14,17,20,22-23,27,30-47,49-50,52-55H2,1-3H3,(H,66,73)/b12-9+,18-15+,19-16-,24-21-,26-25-,29-28-,51-48+. The van der Waals surface area contributed by atoms with Gasteiger partial charge in [-0.3, -0.25) is 9.59 Å². The molecule has 0 bridgehead atoms. The summed E-state index contributed by atoms with van der Waals surface area (Å²) in [5.74, 6) is -1.22. The molecule has 8 unspecified atom stereocenters. The molecule has 11 nitrogen and oxygen atoms in total. The van der Waals surface area contributed by atoms with Crippen molar-refractivity contribution in [3.05, 3.63) is 85.1 Å². The fraction of sp³-hybridized carbons (Fsp3) is 0.754. The monoisotopic (exact) mass is 1070 g/mol. The average molecular weight is 1070 g/mol. The van der Waals surface area contributed by atoms with E-state index in [0.29, 0.717) is 12.8 Å². The summed E-state index contributed by atoms with van der Waals surface area (Å²) >= 11 is 0. The Morgan fingerprint density at radius 3 is 1.55 bits per heavy atom. The molecule has 1 rings (SSSR count). The summed E-state index contributed by atoms with van der Waals surface area (Å²) in [6, 6.07) is -1.04. The third-order valence-electron chi connectivity index (χ3n) is 14.1. The Morgan fingerprint density at radius 2 is 1.00 bits per heavy atom. The molecule has 76 heavy (non-hydrogen) atoms. The topological polar surface area (TPSA) is 175 Å². The van der Waals surface area contributed by atoms with Gasteiger partial charge in [0, 0.05) is 6.42 Å². The van der Waals surface area contributed by atoms with Crippen molar-refractivity contribution in [2.24, 2.45) is 0 Å². The van der Waals surface area contributed by atoms with Crippen LogP contribution in [0.3, 0.4) is 0 Å². The molecule has 0 aromatic heterocycles. The number of ether oxygens (including phenoxy) is 3. The van der Waals surface area contributed by atoms with Crippen molar-refractivity contribution >= 4 is 11.9 Å². The highest BCUT2D eigenvalue weighted by molar-refractivity contribution is 5.80. The van der Waals surface area contributed by atoms with Crippen molar-refractivity contribution in [2.75, 3.05) is 13.2 Å². The molecule has 8 atom stereocenters. The molecule has 0 aliphatic carbocycles. The summed E-state index contributed by atoms with van der Waals surface area (Å²) in [4.78, 5) is 26.5. The number of allylic oxidation sites excluding steroid dienone is 13. The van der Waals surface area contributed by atoms with Gasteiger partial charge in [0.1, 0.15) is 24.4 Å². The van der Waals surface area contributed by atoms with Crippen LogP contribution in [0.4, 0.5) is 0 Å². The number of amides is 1. The van der Waals surface area contributed by atoms with Gasteiger partial charge in [-0.2, -0.15) is 0 Å². The first kappa shape index (κ1) is 70.9. The third-order valence-corrected chi connectivity index (χ3v) is 14.1. The number of aliphatic hydroxyl groups excluding tert-OH is 5. The van der Waals surface area contributed by atoms with Crippen LogP contribution in [-0.2, 0) is 23.8 Å². The predicted molar refractivity (Wildman–Crippen MR) is 315 cm³/mol. The Hall–Kier alpha value is -3.16. The summed E-state index contributed by atoms with van der Waals surface area (Å²) in [5, 5.41) is 56.9. The maximum absolute atomic E-state index is 13.4. The van der Waals surface area contributed by atoms with E-state index >= 15 is 0 Å². The molecule has 1 amide bonds. The number of aliphatic hydroxyl groups is 5. The lowest BCUT2D eigenvalue weighted by atomic mass is 9.99. The molecule has 1 aliphatic heterocycles. The Kier molecular flexibility index (Phi) is 49.0. The number of carbonyl (C=O) groups is 2. The van der Waals surface area contributed by atoms with Gasteiger partial charge in [-0.1, -0.05) is 247 Å². The minimum atomic E-state index is -1.62. The van der Waals surface area contributed by atoms with Gasteiger partial charge in [0.25, 0.3) is 0 Å². The van der Waals surface area contributed by atoms with Crippen molar-refractivity contribution in [1.29, 1.82) is 0 Å². The maximum Gasteiger partial charge on any atom is 0.306 e. The zero-order chi connectivity index (χ0) is 55.4. The highest BCUT2D eigenvalue weighted by atomic mass is 16.7. The SMILES string of the molecule is CC/C=C/C=C/C=C\CCCCCCC(O)C(=O)NC(COC1OC(CO)C(O)C(O)C1OC(=O)CCCCCCCCCCCC/C=C\C/C=C\C/C=C\CCCCC)C(O)/C=C/CCCCCCCCCCCC. The van der Waals surface area contributed by atoms with Crippen LogP contribution in [0.1, 0.15) is 252 Å². The van der Waals surface area contributed by atoms with Gasteiger partial charge in [0.2, 0.25) is 5.91 Å². The first-order valence-electron chi connectivity index (χ1n) is 30.9. The normalized spacial score (nSPS) is 19.7. The predicted octanol–water partition coefficient (Wildman–Crippen LogP) is 14.6. The second-order valence-electron chi connectivity index (χ2n) is 21.1. The molecular weight excluding hydrogens is 955 g/mol. The van der Waals surface area contributed by atoms with Crippen molar-refractivity contribution in [3.63, 3.8) is 0 Å².